The van der Waals surface area contributed by atoms with Crippen molar-refractivity contribution in [3.05, 3.63) is 0 Å². The van der Waals surface area contributed by atoms with Crippen LogP contribution in [0.5, 0.6) is 0 Å². The average Bonchev–Trinajstić information content (AvgIpc) is 1.89. The molecule has 0 aliphatic carbocycles. The zero-order valence-electron chi connectivity index (χ0n) is 13.5. The summed E-state index contributed by atoms with van der Waals surface area (Å²) < 4.78 is 10.5. The van der Waals surface area contributed by atoms with Gasteiger partial charge in [0.25, 0.3) is 0 Å². The van der Waals surface area contributed by atoms with Crippen LogP contribution in [0.25, 0.3) is 0 Å². The molecule has 0 aromatic rings. The van der Waals surface area contributed by atoms with Crippen LogP contribution in [0.15, 0.2) is 0 Å². The highest BCUT2D eigenvalue weighted by atomic mass is 16.6. The molecule has 4 nitrogen and oxygen atoms in total. The second-order valence-electron chi connectivity index (χ2n) is 7.69. The van der Waals surface area contributed by atoms with Crippen molar-refractivity contribution in [3.63, 3.8) is 0 Å². The highest BCUT2D eigenvalue weighted by molar-refractivity contribution is 5.74. The summed E-state index contributed by atoms with van der Waals surface area (Å²) in [5.74, 6) is -0.581. The van der Waals surface area contributed by atoms with E-state index in [1.807, 2.05) is 55.4 Å². The van der Waals surface area contributed by atoms with Crippen LogP contribution in [0.1, 0.15) is 68.2 Å². The van der Waals surface area contributed by atoms with Gasteiger partial charge in [-0.3, -0.25) is 9.59 Å². The fourth-order valence-electron chi connectivity index (χ4n) is 1.60. The van der Waals surface area contributed by atoms with Gasteiger partial charge in [0.1, 0.15) is 11.2 Å². The molecule has 0 rings (SSSR count). The van der Waals surface area contributed by atoms with Gasteiger partial charge in [0, 0.05) is 0 Å². The van der Waals surface area contributed by atoms with Gasteiger partial charge < -0.3 is 9.47 Å². The zero-order chi connectivity index (χ0) is 15.5. The molecule has 0 aromatic carbocycles. The van der Waals surface area contributed by atoms with Crippen molar-refractivity contribution >= 4 is 11.9 Å². The Morgan fingerprint density at radius 2 is 0.947 bits per heavy atom. The van der Waals surface area contributed by atoms with E-state index in [0.717, 1.165) is 0 Å². The Bertz CT molecular complexity index is 297. The molecule has 112 valence electrons. The second kappa shape index (κ2) is 5.93. The summed E-state index contributed by atoms with van der Waals surface area (Å²) in [5, 5.41) is 0. The monoisotopic (exact) mass is 272 g/mol. The topological polar surface area (TPSA) is 52.6 Å². The predicted octanol–water partition coefficient (Wildman–Crippen LogP) is 3.48. The average molecular weight is 272 g/mol. The van der Waals surface area contributed by atoms with Crippen LogP contribution >= 0.6 is 0 Å². The van der Waals surface area contributed by atoms with Gasteiger partial charge in [0.2, 0.25) is 0 Å². The van der Waals surface area contributed by atoms with Crippen LogP contribution in [0.2, 0.25) is 0 Å². The van der Waals surface area contributed by atoms with Crippen molar-refractivity contribution < 1.29 is 19.1 Å². The largest absolute Gasteiger partial charge is 0.460 e. The van der Waals surface area contributed by atoms with Crippen molar-refractivity contribution in [1.82, 2.24) is 0 Å². The van der Waals surface area contributed by atoms with Gasteiger partial charge in [-0.2, -0.15) is 0 Å². The lowest BCUT2D eigenvalue weighted by Crippen LogP contribution is -2.31. The molecule has 19 heavy (non-hydrogen) atoms. The van der Waals surface area contributed by atoms with E-state index < -0.39 is 16.6 Å². The lowest BCUT2D eigenvalue weighted by Gasteiger charge is -2.27. The summed E-state index contributed by atoms with van der Waals surface area (Å²) >= 11 is 0. The highest BCUT2D eigenvalue weighted by Gasteiger charge is 2.30. The summed E-state index contributed by atoms with van der Waals surface area (Å²) in [6.07, 6.45) is 0.396. The van der Waals surface area contributed by atoms with Crippen LogP contribution < -0.4 is 0 Å². The minimum atomic E-state index is -0.501. The van der Waals surface area contributed by atoms with E-state index in [9.17, 15) is 9.59 Å². The third-order valence-corrected chi connectivity index (χ3v) is 2.09. The molecule has 0 bridgehead atoms. The van der Waals surface area contributed by atoms with Gasteiger partial charge in [-0.05, 0) is 47.0 Å². The third-order valence-electron chi connectivity index (χ3n) is 2.09. The molecule has 0 aliphatic rings. The Balaban J connectivity index is 4.40. The first-order valence-electron chi connectivity index (χ1n) is 6.64. The molecule has 0 atom stereocenters. The van der Waals surface area contributed by atoms with Crippen LogP contribution in [0.4, 0.5) is 0 Å². The molecule has 0 aromatic heterocycles. The summed E-state index contributed by atoms with van der Waals surface area (Å²) in [6, 6.07) is 0. The standard InChI is InChI=1S/C15H28O4/c1-13(2,3)18-11(16)9-15(7,8)10-12(17)19-14(4,5)6/h9-10H2,1-8H3. The van der Waals surface area contributed by atoms with Crippen molar-refractivity contribution in [3.8, 4) is 0 Å². The number of carbonyl (C=O) groups excluding carboxylic acids is 2. The van der Waals surface area contributed by atoms with Gasteiger partial charge >= 0.3 is 11.9 Å². The highest BCUT2D eigenvalue weighted by Crippen LogP contribution is 2.28. The number of rotatable bonds is 4. The van der Waals surface area contributed by atoms with E-state index in [0.29, 0.717) is 0 Å². The van der Waals surface area contributed by atoms with Gasteiger partial charge in [0.05, 0.1) is 12.8 Å². The van der Waals surface area contributed by atoms with Crippen molar-refractivity contribution in [1.29, 1.82) is 0 Å². The maximum absolute atomic E-state index is 11.8. The summed E-state index contributed by atoms with van der Waals surface area (Å²) in [5.41, 5.74) is -1.47. The van der Waals surface area contributed by atoms with E-state index in [4.69, 9.17) is 9.47 Å². The number of esters is 2. The van der Waals surface area contributed by atoms with Gasteiger partial charge in [0.15, 0.2) is 0 Å². The molecule has 0 aliphatic heterocycles. The molecular formula is C15H28O4. The zero-order valence-corrected chi connectivity index (χ0v) is 13.5. The van der Waals surface area contributed by atoms with Crippen LogP contribution in [0.3, 0.4) is 0 Å². The lowest BCUT2D eigenvalue weighted by atomic mass is 9.85. The normalized spacial score (nSPS) is 13.1. The predicted molar refractivity (Wildman–Crippen MR) is 74.7 cm³/mol. The van der Waals surface area contributed by atoms with Gasteiger partial charge in [-0.25, -0.2) is 0 Å². The quantitative estimate of drug-likeness (QED) is 0.735. The molecule has 0 saturated heterocycles. The molecule has 4 heteroatoms. The van der Waals surface area contributed by atoms with E-state index in [1.54, 1.807) is 0 Å². The van der Waals surface area contributed by atoms with Gasteiger partial charge in [-0.1, -0.05) is 13.8 Å². The number of ether oxygens (including phenoxy) is 2. The van der Waals surface area contributed by atoms with E-state index >= 15 is 0 Å². The van der Waals surface area contributed by atoms with Crippen molar-refractivity contribution in [2.24, 2.45) is 5.41 Å². The first-order valence-corrected chi connectivity index (χ1v) is 6.64. The maximum Gasteiger partial charge on any atom is 0.306 e. The van der Waals surface area contributed by atoms with Crippen LogP contribution in [0, 0.1) is 5.41 Å². The Morgan fingerprint density at radius 1 is 0.684 bits per heavy atom. The smallest absolute Gasteiger partial charge is 0.306 e. The van der Waals surface area contributed by atoms with Crippen LogP contribution in [-0.2, 0) is 19.1 Å². The fourth-order valence-corrected chi connectivity index (χ4v) is 1.60. The number of hydrogen-bond donors (Lipinski definition) is 0. The summed E-state index contributed by atoms with van der Waals surface area (Å²) in [4.78, 5) is 23.5. The summed E-state index contributed by atoms with van der Waals surface area (Å²) in [7, 11) is 0. The van der Waals surface area contributed by atoms with Crippen molar-refractivity contribution in [2.75, 3.05) is 0 Å². The molecule has 0 radical (unpaired) electrons. The molecular weight excluding hydrogens is 244 g/mol. The summed E-state index contributed by atoms with van der Waals surface area (Å²) in [6.45, 7) is 14.7. The second-order valence-corrected chi connectivity index (χ2v) is 7.69. The molecule has 0 amide bonds. The van der Waals surface area contributed by atoms with Crippen LogP contribution in [-0.4, -0.2) is 23.1 Å². The fraction of sp³-hybridized carbons (Fsp3) is 0.867. The van der Waals surface area contributed by atoms with Crippen molar-refractivity contribution in [2.45, 2.75) is 79.4 Å². The van der Waals surface area contributed by atoms with E-state index in [-0.39, 0.29) is 24.8 Å². The Hall–Kier alpha value is -1.06. The first-order chi connectivity index (χ1) is 8.20. The SMILES string of the molecule is CC(C)(CC(=O)OC(C)(C)C)CC(=O)OC(C)(C)C. The Kier molecular flexibility index (Phi) is 5.60. The number of carbonyl (C=O) groups is 2. The molecule has 0 N–H and O–H groups in total. The molecule has 0 fully saturated rings. The van der Waals surface area contributed by atoms with Gasteiger partial charge in [-0.15, -0.1) is 0 Å². The minimum absolute atomic E-state index is 0.198. The maximum atomic E-state index is 11.8. The first kappa shape index (κ1) is 17.9. The lowest BCUT2D eigenvalue weighted by molar-refractivity contribution is -0.160. The Labute approximate surface area is 116 Å². The minimum Gasteiger partial charge on any atom is -0.460 e. The van der Waals surface area contributed by atoms with E-state index in [1.165, 1.54) is 0 Å². The third kappa shape index (κ3) is 10.5. The Morgan fingerprint density at radius 3 is 1.16 bits per heavy atom. The number of hydrogen-bond acceptors (Lipinski definition) is 4. The molecule has 0 unspecified atom stereocenters. The molecule has 0 spiro atoms. The van der Waals surface area contributed by atoms with E-state index in [2.05, 4.69) is 0 Å². The molecule has 0 saturated carbocycles. The molecule has 0 heterocycles.